The van der Waals surface area contributed by atoms with Gasteiger partial charge in [0.2, 0.25) is 5.79 Å². The molecule has 0 radical (unpaired) electrons. The molecule has 108 valence electrons. The first-order chi connectivity index (χ1) is 10.1. The van der Waals surface area contributed by atoms with Gasteiger partial charge in [-0.3, -0.25) is 4.99 Å². The summed E-state index contributed by atoms with van der Waals surface area (Å²) in [6.07, 6.45) is -0.264. The fraction of sp³-hybridized carbons (Fsp3) is 0.278. The second-order valence-corrected chi connectivity index (χ2v) is 5.41. The third-order valence-corrected chi connectivity index (χ3v) is 3.92. The third kappa shape index (κ3) is 2.50. The Balaban J connectivity index is 2.02. The van der Waals surface area contributed by atoms with Crippen molar-refractivity contribution in [3.63, 3.8) is 0 Å². The summed E-state index contributed by atoms with van der Waals surface area (Å²) in [6, 6.07) is 19.3. The normalized spacial score (nSPS) is 29.0. The maximum absolute atomic E-state index is 11.0. The molecular formula is C18H19NO2. The van der Waals surface area contributed by atoms with E-state index in [1.165, 1.54) is 0 Å². The molecule has 1 aliphatic rings. The average molecular weight is 281 g/mol. The van der Waals surface area contributed by atoms with Crippen molar-refractivity contribution in [2.24, 2.45) is 4.99 Å². The molecule has 2 aromatic carbocycles. The predicted molar refractivity (Wildman–Crippen MR) is 83.2 cm³/mol. The minimum Gasteiger partial charge on any atom is -0.357 e. The van der Waals surface area contributed by atoms with E-state index in [1.807, 2.05) is 74.5 Å². The Morgan fingerprint density at radius 1 is 1.00 bits per heavy atom. The van der Waals surface area contributed by atoms with E-state index in [0.29, 0.717) is 11.3 Å². The highest BCUT2D eigenvalue weighted by atomic mass is 16.6. The molecule has 0 aliphatic carbocycles. The lowest BCUT2D eigenvalue weighted by atomic mass is 9.95. The van der Waals surface area contributed by atoms with E-state index in [4.69, 9.17) is 4.74 Å². The molecule has 0 aromatic heterocycles. The van der Waals surface area contributed by atoms with E-state index in [9.17, 15) is 5.11 Å². The van der Waals surface area contributed by atoms with E-state index in [-0.39, 0.29) is 12.1 Å². The van der Waals surface area contributed by atoms with Gasteiger partial charge in [0.05, 0.1) is 11.8 Å². The van der Waals surface area contributed by atoms with Gasteiger partial charge in [0.15, 0.2) is 0 Å². The highest BCUT2D eigenvalue weighted by Crippen LogP contribution is 2.38. The van der Waals surface area contributed by atoms with Gasteiger partial charge >= 0.3 is 0 Å². The minimum atomic E-state index is -1.46. The number of benzene rings is 2. The SMILES string of the molecule is CC1=N[C@H](C)[C@@H](c2ccccc2)O[C@@]1(O)c1ccccc1. The summed E-state index contributed by atoms with van der Waals surface area (Å²) in [6.45, 7) is 3.82. The molecule has 0 saturated carbocycles. The van der Waals surface area contributed by atoms with Gasteiger partial charge in [0, 0.05) is 5.56 Å². The van der Waals surface area contributed by atoms with Crippen molar-refractivity contribution in [1.82, 2.24) is 0 Å². The quantitative estimate of drug-likeness (QED) is 0.916. The Morgan fingerprint density at radius 3 is 2.19 bits per heavy atom. The number of ether oxygens (including phenoxy) is 1. The van der Waals surface area contributed by atoms with Crippen LogP contribution in [0.25, 0.3) is 0 Å². The van der Waals surface area contributed by atoms with Gasteiger partial charge in [-0.2, -0.15) is 0 Å². The van der Waals surface area contributed by atoms with Crippen LogP contribution in [0.3, 0.4) is 0 Å². The largest absolute Gasteiger partial charge is 0.357 e. The van der Waals surface area contributed by atoms with Crippen LogP contribution < -0.4 is 0 Å². The van der Waals surface area contributed by atoms with Crippen LogP contribution in [0.1, 0.15) is 31.1 Å². The molecule has 3 nitrogen and oxygen atoms in total. The van der Waals surface area contributed by atoms with Crippen LogP contribution in [0.2, 0.25) is 0 Å². The van der Waals surface area contributed by atoms with Crippen LogP contribution in [-0.4, -0.2) is 16.9 Å². The summed E-state index contributed by atoms with van der Waals surface area (Å²) in [4.78, 5) is 4.61. The van der Waals surface area contributed by atoms with Crippen LogP contribution in [-0.2, 0) is 10.5 Å². The first kappa shape index (κ1) is 14.0. The van der Waals surface area contributed by atoms with Crippen molar-refractivity contribution in [2.45, 2.75) is 31.8 Å². The molecule has 0 saturated heterocycles. The highest BCUT2D eigenvalue weighted by Gasteiger charge is 2.42. The number of rotatable bonds is 2. The van der Waals surface area contributed by atoms with Crippen LogP contribution >= 0.6 is 0 Å². The van der Waals surface area contributed by atoms with E-state index in [0.717, 1.165) is 5.56 Å². The molecule has 21 heavy (non-hydrogen) atoms. The summed E-state index contributed by atoms with van der Waals surface area (Å²) in [7, 11) is 0. The summed E-state index contributed by atoms with van der Waals surface area (Å²) >= 11 is 0. The number of nitrogens with zero attached hydrogens (tertiary/aromatic N) is 1. The third-order valence-electron chi connectivity index (χ3n) is 3.92. The Hall–Kier alpha value is -1.97. The second kappa shape index (κ2) is 5.43. The zero-order valence-corrected chi connectivity index (χ0v) is 12.2. The zero-order chi connectivity index (χ0) is 14.9. The molecule has 0 unspecified atom stereocenters. The molecular weight excluding hydrogens is 262 g/mol. The van der Waals surface area contributed by atoms with Crippen LogP contribution in [0.15, 0.2) is 65.7 Å². The predicted octanol–water partition coefficient (Wildman–Crippen LogP) is 3.45. The summed E-state index contributed by atoms with van der Waals surface area (Å²) in [5, 5.41) is 11.0. The lowest BCUT2D eigenvalue weighted by molar-refractivity contribution is -0.204. The highest BCUT2D eigenvalue weighted by molar-refractivity contribution is 5.90. The van der Waals surface area contributed by atoms with E-state index in [2.05, 4.69) is 4.99 Å². The average Bonchev–Trinajstić information content (AvgIpc) is 2.53. The fourth-order valence-corrected chi connectivity index (χ4v) is 2.76. The van der Waals surface area contributed by atoms with E-state index in [1.54, 1.807) is 0 Å². The zero-order valence-electron chi connectivity index (χ0n) is 12.2. The monoisotopic (exact) mass is 281 g/mol. The van der Waals surface area contributed by atoms with E-state index >= 15 is 0 Å². The first-order valence-corrected chi connectivity index (χ1v) is 7.17. The van der Waals surface area contributed by atoms with E-state index < -0.39 is 5.79 Å². The van der Waals surface area contributed by atoms with Gasteiger partial charge in [-0.1, -0.05) is 60.7 Å². The van der Waals surface area contributed by atoms with Crippen LogP contribution in [0.5, 0.6) is 0 Å². The topological polar surface area (TPSA) is 41.8 Å². The maximum Gasteiger partial charge on any atom is 0.233 e. The molecule has 1 aliphatic heterocycles. The molecule has 2 aromatic rings. The standard InChI is InChI=1S/C18H19NO2/c1-13-17(15-9-5-3-6-10-15)21-18(20,14(2)19-13)16-11-7-4-8-12-16/h3-13,17,20H,1-2H3/t13-,17+,18-/m1/s1. The van der Waals surface area contributed by atoms with Gasteiger partial charge < -0.3 is 9.84 Å². The van der Waals surface area contributed by atoms with Gasteiger partial charge in [0.1, 0.15) is 6.10 Å². The van der Waals surface area contributed by atoms with Crippen molar-refractivity contribution in [1.29, 1.82) is 0 Å². The molecule has 3 heteroatoms. The van der Waals surface area contributed by atoms with Crippen molar-refractivity contribution in [2.75, 3.05) is 0 Å². The van der Waals surface area contributed by atoms with Crippen molar-refractivity contribution < 1.29 is 9.84 Å². The summed E-state index contributed by atoms with van der Waals surface area (Å²) in [5.74, 6) is -1.46. The Labute approximate surface area is 124 Å². The van der Waals surface area contributed by atoms with Crippen LogP contribution in [0.4, 0.5) is 0 Å². The van der Waals surface area contributed by atoms with Crippen LogP contribution in [0, 0.1) is 0 Å². The van der Waals surface area contributed by atoms with Gasteiger partial charge in [-0.25, -0.2) is 0 Å². The summed E-state index contributed by atoms with van der Waals surface area (Å²) < 4.78 is 6.10. The smallest absolute Gasteiger partial charge is 0.233 e. The van der Waals surface area contributed by atoms with Gasteiger partial charge in [0.25, 0.3) is 0 Å². The van der Waals surface area contributed by atoms with Gasteiger partial charge in [-0.15, -0.1) is 0 Å². The van der Waals surface area contributed by atoms with Crippen molar-refractivity contribution in [3.05, 3.63) is 71.8 Å². The molecule has 3 atom stereocenters. The van der Waals surface area contributed by atoms with Gasteiger partial charge in [-0.05, 0) is 19.4 Å². The molecule has 0 amide bonds. The lowest BCUT2D eigenvalue weighted by Gasteiger charge is -2.39. The number of hydrogen-bond acceptors (Lipinski definition) is 3. The number of aliphatic hydroxyl groups is 1. The second-order valence-electron chi connectivity index (χ2n) is 5.41. The number of aliphatic imine (C=N–C) groups is 1. The minimum absolute atomic E-state index is 0.0311. The lowest BCUT2D eigenvalue weighted by Crippen LogP contribution is -2.44. The first-order valence-electron chi connectivity index (χ1n) is 7.17. The molecule has 0 fully saturated rings. The molecule has 3 rings (SSSR count). The maximum atomic E-state index is 11.0. The Bertz CT molecular complexity index is 639. The fourth-order valence-electron chi connectivity index (χ4n) is 2.76. The van der Waals surface area contributed by atoms with Crippen molar-refractivity contribution >= 4 is 5.71 Å². The molecule has 0 spiro atoms. The Kier molecular flexibility index (Phi) is 3.62. The molecule has 1 heterocycles. The molecule has 1 N–H and O–H groups in total. The molecule has 0 bridgehead atoms. The number of hydrogen-bond donors (Lipinski definition) is 1. The van der Waals surface area contributed by atoms with Crippen molar-refractivity contribution in [3.8, 4) is 0 Å². The Morgan fingerprint density at radius 2 is 1.57 bits per heavy atom. The summed E-state index contributed by atoms with van der Waals surface area (Å²) in [5.41, 5.74) is 2.32.